The molecule has 1 aromatic carbocycles. The number of nitrogens with two attached hydrogens (primary N) is 1. The zero-order valence-electron chi connectivity index (χ0n) is 18.7. The van der Waals surface area contributed by atoms with Crippen LogP contribution in [0.5, 0.6) is 0 Å². The molecule has 1 saturated carbocycles. The predicted molar refractivity (Wildman–Crippen MR) is 117 cm³/mol. The van der Waals surface area contributed by atoms with Crippen molar-refractivity contribution < 1.29 is 4.79 Å². The zero-order chi connectivity index (χ0) is 21.2. The van der Waals surface area contributed by atoms with E-state index in [0.717, 1.165) is 54.9 Å². The molecule has 1 heterocycles. The number of aromatic nitrogens is 3. The van der Waals surface area contributed by atoms with Crippen molar-refractivity contribution in [2.45, 2.75) is 91.6 Å². The first-order valence-electron chi connectivity index (χ1n) is 10.9. The monoisotopic (exact) mass is 396 g/mol. The number of ketones is 1. The summed E-state index contributed by atoms with van der Waals surface area (Å²) in [4.78, 5) is 12.7. The maximum atomic E-state index is 12.7. The molecule has 0 saturated heterocycles. The van der Waals surface area contributed by atoms with Crippen LogP contribution in [0.4, 0.5) is 0 Å². The van der Waals surface area contributed by atoms with E-state index in [9.17, 15) is 4.79 Å². The van der Waals surface area contributed by atoms with Gasteiger partial charge in [-0.3, -0.25) is 4.79 Å². The third kappa shape index (κ3) is 5.99. The molecule has 5 nitrogen and oxygen atoms in total. The van der Waals surface area contributed by atoms with Crippen LogP contribution in [-0.2, 0) is 17.6 Å². The Hall–Kier alpha value is -2.01. The number of rotatable bonds is 9. The molecule has 5 heteroatoms. The summed E-state index contributed by atoms with van der Waals surface area (Å²) in [5.41, 5.74) is 10.2. The van der Waals surface area contributed by atoms with Gasteiger partial charge in [-0.25, -0.2) is 0 Å². The topological polar surface area (TPSA) is 73.8 Å². The molecule has 29 heavy (non-hydrogen) atoms. The molecule has 0 radical (unpaired) electrons. The van der Waals surface area contributed by atoms with Gasteiger partial charge in [-0.05, 0) is 56.1 Å². The van der Waals surface area contributed by atoms with Crippen LogP contribution in [0, 0.1) is 19.3 Å². The highest BCUT2D eigenvalue weighted by molar-refractivity contribution is 5.81. The van der Waals surface area contributed by atoms with Crippen LogP contribution in [0.25, 0.3) is 0 Å². The van der Waals surface area contributed by atoms with E-state index >= 15 is 0 Å². The van der Waals surface area contributed by atoms with Crippen LogP contribution in [0.3, 0.4) is 0 Å². The van der Waals surface area contributed by atoms with Crippen molar-refractivity contribution in [3.8, 4) is 0 Å². The lowest BCUT2D eigenvalue weighted by atomic mass is 9.90. The summed E-state index contributed by atoms with van der Waals surface area (Å²) >= 11 is 0. The zero-order valence-corrected chi connectivity index (χ0v) is 18.7. The van der Waals surface area contributed by atoms with E-state index in [2.05, 4.69) is 61.5 Å². The number of nitrogens with zero attached hydrogens (tertiary/aromatic N) is 3. The Morgan fingerprint density at radius 2 is 1.97 bits per heavy atom. The van der Waals surface area contributed by atoms with Gasteiger partial charge in [0, 0.05) is 25.3 Å². The third-order valence-corrected chi connectivity index (χ3v) is 5.70. The summed E-state index contributed by atoms with van der Waals surface area (Å²) in [6, 6.07) is 6.30. The number of carbonyl (C=O) groups excluding carboxylic acids is 1. The summed E-state index contributed by atoms with van der Waals surface area (Å²) in [5.74, 6) is 1.97. The standard InChI is InChI=1S/C24H36N4O/c1-16-8-9-18(17(2)13-16)14-20(29)15-21(25)23-27-26-22(28(23)19-10-11-19)7-6-12-24(3,4)5/h8-9,13,19,21H,6-7,10-12,14-15,25H2,1-5H3/t21-/m0/s1. The fourth-order valence-corrected chi connectivity index (χ4v) is 3.93. The van der Waals surface area contributed by atoms with E-state index in [1.807, 2.05) is 6.07 Å². The average Bonchev–Trinajstić information content (AvgIpc) is 3.36. The molecule has 0 spiro atoms. The first kappa shape index (κ1) is 21.7. The minimum absolute atomic E-state index is 0.157. The summed E-state index contributed by atoms with van der Waals surface area (Å²) in [7, 11) is 0. The lowest BCUT2D eigenvalue weighted by Gasteiger charge is -2.18. The van der Waals surface area contributed by atoms with Gasteiger partial charge < -0.3 is 10.3 Å². The van der Waals surface area contributed by atoms with Crippen LogP contribution in [0.15, 0.2) is 18.2 Å². The quantitative estimate of drug-likeness (QED) is 0.661. The summed E-state index contributed by atoms with van der Waals surface area (Å²) in [6.45, 7) is 10.9. The van der Waals surface area contributed by atoms with Gasteiger partial charge in [0.2, 0.25) is 0 Å². The molecular weight excluding hydrogens is 360 g/mol. The smallest absolute Gasteiger partial charge is 0.150 e. The number of Topliss-reactive ketones (excluding diaryl/α,β-unsaturated/α-hetero) is 1. The molecule has 0 bridgehead atoms. The molecule has 1 atom stereocenters. The van der Waals surface area contributed by atoms with Gasteiger partial charge in [-0.1, -0.05) is 44.5 Å². The van der Waals surface area contributed by atoms with E-state index in [1.54, 1.807) is 0 Å². The molecule has 158 valence electrons. The molecule has 1 aliphatic carbocycles. The van der Waals surface area contributed by atoms with Crippen molar-refractivity contribution in [1.29, 1.82) is 0 Å². The van der Waals surface area contributed by atoms with Crippen LogP contribution in [0.1, 0.15) is 93.3 Å². The van der Waals surface area contributed by atoms with E-state index in [0.29, 0.717) is 24.3 Å². The lowest BCUT2D eigenvalue weighted by Crippen LogP contribution is -2.21. The third-order valence-electron chi connectivity index (χ3n) is 5.70. The molecule has 1 aliphatic rings. The number of benzene rings is 1. The summed E-state index contributed by atoms with van der Waals surface area (Å²) in [6.07, 6.45) is 6.20. The minimum atomic E-state index is -0.391. The van der Waals surface area contributed by atoms with Crippen LogP contribution >= 0.6 is 0 Å². The van der Waals surface area contributed by atoms with Gasteiger partial charge >= 0.3 is 0 Å². The van der Waals surface area contributed by atoms with E-state index in [4.69, 9.17) is 5.73 Å². The summed E-state index contributed by atoms with van der Waals surface area (Å²) in [5, 5.41) is 8.87. The highest BCUT2D eigenvalue weighted by Crippen LogP contribution is 2.38. The second-order valence-corrected chi connectivity index (χ2v) is 9.95. The minimum Gasteiger partial charge on any atom is -0.321 e. The fourth-order valence-electron chi connectivity index (χ4n) is 3.93. The molecule has 2 N–H and O–H groups in total. The first-order valence-corrected chi connectivity index (χ1v) is 10.9. The highest BCUT2D eigenvalue weighted by atomic mass is 16.1. The van der Waals surface area contributed by atoms with Crippen molar-refractivity contribution in [3.63, 3.8) is 0 Å². The van der Waals surface area contributed by atoms with Crippen LogP contribution < -0.4 is 5.73 Å². The van der Waals surface area contributed by atoms with E-state index in [-0.39, 0.29) is 5.78 Å². The molecule has 1 aromatic heterocycles. The molecule has 2 aromatic rings. The Bertz CT molecular complexity index is 858. The molecule has 3 rings (SSSR count). The molecule has 0 unspecified atom stereocenters. The number of hydrogen-bond acceptors (Lipinski definition) is 4. The van der Waals surface area contributed by atoms with Gasteiger partial charge in [-0.15, -0.1) is 10.2 Å². The number of carbonyl (C=O) groups is 1. The molecule has 0 aliphatic heterocycles. The Kier molecular flexibility index (Phi) is 6.57. The van der Waals surface area contributed by atoms with Gasteiger partial charge in [-0.2, -0.15) is 0 Å². The second-order valence-electron chi connectivity index (χ2n) is 9.95. The Labute approximate surface area is 175 Å². The van der Waals surface area contributed by atoms with E-state index < -0.39 is 6.04 Å². The van der Waals surface area contributed by atoms with Crippen molar-refractivity contribution in [1.82, 2.24) is 14.8 Å². The van der Waals surface area contributed by atoms with Crippen LogP contribution in [-0.4, -0.2) is 20.5 Å². The largest absolute Gasteiger partial charge is 0.321 e. The first-order chi connectivity index (χ1) is 13.6. The molecule has 0 amide bonds. The normalized spacial score (nSPS) is 15.5. The maximum Gasteiger partial charge on any atom is 0.150 e. The molecular formula is C24H36N4O. The van der Waals surface area contributed by atoms with Gasteiger partial charge in [0.05, 0.1) is 6.04 Å². The van der Waals surface area contributed by atoms with Crippen molar-refractivity contribution in [3.05, 3.63) is 46.5 Å². The lowest BCUT2D eigenvalue weighted by molar-refractivity contribution is -0.118. The van der Waals surface area contributed by atoms with Gasteiger partial charge in [0.25, 0.3) is 0 Å². The number of hydrogen-bond donors (Lipinski definition) is 1. The van der Waals surface area contributed by atoms with Crippen molar-refractivity contribution >= 4 is 5.78 Å². The fraction of sp³-hybridized carbons (Fsp3) is 0.625. The molecule has 1 fully saturated rings. The SMILES string of the molecule is Cc1ccc(CC(=O)C[C@H](N)c2nnc(CCCC(C)(C)C)n2C2CC2)c(C)c1. The Morgan fingerprint density at radius 3 is 2.59 bits per heavy atom. The van der Waals surface area contributed by atoms with Crippen molar-refractivity contribution in [2.75, 3.05) is 0 Å². The second kappa shape index (κ2) is 8.78. The van der Waals surface area contributed by atoms with E-state index in [1.165, 1.54) is 5.56 Å². The van der Waals surface area contributed by atoms with Gasteiger partial charge in [0.15, 0.2) is 5.82 Å². The average molecular weight is 397 g/mol. The van der Waals surface area contributed by atoms with Crippen LogP contribution in [0.2, 0.25) is 0 Å². The number of aryl methyl sites for hydroxylation is 3. The Balaban J connectivity index is 1.65. The predicted octanol–water partition coefficient (Wildman–Crippen LogP) is 4.80. The summed E-state index contributed by atoms with van der Waals surface area (Å²) < 4.78 is 2.23. The maximum absolute atomic E-state index is 12.7. The Morgan fingerprint density at radius 1 is 1.24 bits per heavy atom. The van der Waals surface area contributed by atoms with Gasteiger partial charge in [0.1, 0.15) is 11.6 Å². The van der Waals surface area contributed by atoms with Crippen molar-refractivity contribution in [2.24, 2.45) is 11.1 Å². The highest BCUT2D eigenvalue weighted by Gasteiger charge is 2.31.